The highest BCUT2D eigenvalue weighted by molar-refractivity contribution is 7.89. The molecule has 5 nitrogen and oxygen atoms in total. The Morgan fingerprint density at radius 1 is 1.00 bits per heavy atom. The molecule has 0 bridgehead atoms. The molecule has 0 saturated carbocycles. The maximum Gasteiger partial charge on any atom is 0.254 e. The SMILES string of the molecule is CC1c2ccccc2C(=O)N1C1CCN(S(=O)(=O)c2ccccc2F)CC1. The van der Waals surface area contributed by atoms with Gasteiger partial charge < -0.3 is 4.90 Å². The fraction of sp³-hybridized carbons (Fsp3) is 0.350. The normalized spacial score (nSPS) is 21.5. The fourth-order valence-corrected chi connectivity index (χ4v) is 5.69. The number of piperidine rings is 1. The average Bonchev–Trinajstić information content (AvgIpc) is 2.93. The van der Waals surface area contributed by atoms with E-state index in [1.165, 1.54) is 22.5 Å². The van der Waals surface area contributed by atoms with Gasteiger partial charge in [0, 0.05) is 24.7 Å². The minimum atomic E-state index is -3.87. The molecule has 2 aromatic rings. The summed E-state index contributed by atoms with van der Waals surface area (Å²) in [5.74, 6) is -0.730. The lowest BCUT2D eigenvalue weighted by molar-refractivity contribution is 0.0572. The Balaban J connectivity index is 1.50. The van der Waals surface area contributed by atoms with Crippen LogP contribution >= 0.6 is 0 Å². The standard InChI is InChI=1S/C20H21FN2O3S/c1-14-16-6-2-3-7-17(16)20(24)23(14)15-10-12-22(13-11-15)27(25,26)19-9-5-4-8-18(19)21/h2-9,14-15H,10-13H2,1H3. The minimum Gasteiger partial charge on any atom is -0.329 e. The second kappa shape index (κ2) is 6.73. The number of halogens is 1. The van der Waals surface area contributed by atoms with Crippen LogP contribution in [0.2, 0.25) is 0 Å². The van der Waals surface area contributed by atoms with Crippen LogP contribution in [-0.2, 0) is 10.0 Å². The predicted molar refractivity (Wildman–Crippen MR) is 99.2 cm³/mol. The van der Waals surface area contributed by atoms with Crippen LogP contribution in [0.15, 0.2) is 53.4 Å². The summed E-state index contributed by atoms with van der Waals surface area (Å²) in [7, 11) is -3.87. The number of carbonyl (C=O) groups excluding carboxylic acids is 1. The van der Waals surface area contributed by atoms with Crippen LogP contribution in [0.4, 0.5) is 4.39 Å². The Morgan fingerprint density at radius 3 is 2.30 bits per heavy atom. The summed E-state index contributed by atoms with van der Waals surface area (Å²) in [5.41, 5.74) is 1.75. The first kappa shape index (κ1) is 18.1. The number of nitrogens with zero attached hydrogens (tertiary/aromatic N) is 2. The van der Waals surface area contributed by atoms with E-state index in [9.17, 15) is 17.6 Å². The molecular formula is C20H21FN2O3S. The molecule has 1 atom stereocenters. The van der Waals surface area contributed by atoms with Gasteiger partial charge in [0.05, 0.1) is 6.04 Å². The van der Waals surface area contributed by atoms with Crippen molar-refractivity contribution >= 4 is 15.9 Å². The van der Waals surface area contributed by atoms with E-state index in [-0.39, 0.29) is 36.0 Å². The summed E-state index contributed by atoms with van der Waals surface area (Å²) in [6.07, 6.45) is 1.08. The lowest BCUT2D eigenvalue weighted by Crippen LogP contribution is -2.47. The van der Waals surface area contributed by atoms with Gasteiger partial charge in [0.25, 0.3) is 5.91 Å². The summed E-state index contributed by atoms with van der Waals surface area (Å²) in [4.78, 5) is 14.4. The molecule has 0 spiro atoms. The predicted octanol–water partition coefficient (Wildman–Crippen LogP) is 3.20. The summed E-state index contributed by atoms with van der Waals surface area (Å²) >= 11 is 0. The zero-order chi connectivity index (χ0) is 19.2. The number of sulfonamides is 1. The first-order chi connectivity index (χ1) is 12.9. The van der Waals surface area contributed by atoms with E-state index in [1.807, 2.05) is 36.1 Å². The van der Waals surface area contributed by atoms with Gasteiger partial charge in [0.1, 0.15) is 10.7 Å². The quantitative estimate of drug-likeness (QED) is 0.811. The van der Waals surface area contributed by atoms with E-state index in [0.717, 1.165) is 17.2 Å². The van der Waals surface area contributed by atoms with Crippen molar-refractivity contribution in [3.8, 4) is 0 Å². The molecule has 1 saturated heterocycles. The number of carbonyl (C=O) groups is 1. The molecule has 0 radical (unpaired) electrons. The molecule has 1 fully saturated rings. The highest BCUT2D eigenvalue weighted by Crippen LogP contribution is 2.37. The number of amides is 1. The molecule has 0 aromatic heterocycles. The van der Waals surface area contributed by atoms with Gasteiger partial charge in [-0.15, -0.1) is 0 Å². The summed E-state index contributed by atoms with van der Waals surface area (Å²) in [5, 5.41) is 0. The van der Waals surface area contributed by atoms with Gasteiger partial charge >= 0.3 is 0 Å². The van der Waals surface area contributed by atoms with Crippen molar-refractivity contribution in [1.29, 1.82) is 0 Å². The largest absolute Gasteiger partial charge is 0.329 e. The molecule has 1 unspecified atom stereocenters. The summed E-state index contributed by atoms with van der Waals surface area (Å²) < 4.78 is 40.8. The van der Waals surface area contributed by atoms with E-state index in [1.54, 1.807) is 0 Å². The van der Waals surface area contributed by atoms with Crippen molar-refractivity contribution in [3.05, 3.63) is 65.5 Å². The van der Waals surface area contributed by atoms with Gasteiger partial charge in [0.2, 0.25) is 10.0 Å². The molecule has 142 valence electrons. The highest BCUT2D eigenvalue weighted by Gasteiger charge is 2.40. The lowest BCUT2D eigenvalue weighted by Gasteiger charge is -2.38. The van der Waals surface area contributed by atoms with Gasteiger partial charge in [-0.2, -0.15) is 4.31 Å². The number of benzene rings is 2. The van der Waals surface area contributed by atoms with Gasteiger partial charge in [-0.25, -0.2) is 12.8 Å². The van der Waals surface area contributed by atoms with E-state index in [0.29, 0.717) is 12.8 Å². The molecule has 2 aliphatic rings. The zero-order valence-corrected chi connectivity index (χ0v) is 15.8. The van der Waals surface area contributed by atoms with E-state index in [2.05, 4.69) is 0 Å². The Morgan fingerprint density at radius 2 is 1.63 bits per heavy atom. The highest BCUT2D eigenvalue weighted by atomic mass is 32.2. The summed E-state index contributed by atoms with van der Waals surface area (Å²) in [6.45, 7) is 2.55. The Hall–Kier alpha value is -2.25. The topological polar surface area (TPSA) is 57.7 Å². The van der Waals surface area contributed by atoms with E-state index >= 15 is 0 Å². The molecule has 2 heterocycles. The third kappa shape index (κ3) is 2.95. The lowest BCUT2D eigenvalue weighted by atomic mass is 10.0. The molecular weight excluding hydrogens is 367 g/mol. The van der Waals surface area contributed by atoms with E-state index in [4.69, 9.17) is 0 Å². The third-order valence-electron chi connectivity index (χ3n) is 5.56. The van der Waals surface area contributed by atoms with Crippen molar-refractivity contribution in [2.45, 2.75) is 36.7 Å². The van der Waals surface area contributed by atoms with Crippen molar-refractivity contribution in [2.75, 3.05) is 13.1 Å². The monoisotopic (exact) mass is 388 g/mol. The first-order valence-corrected chi connectivity index (χ1v) is 10.5. The molecule has 7 heteroatoms. The molecule has 2 aromatic carbocycles. The minimum absolute atomic E-state index is 0.00788. The van der Waals surface area contributed by atoms with Crippen molar-refractivity contribution in [1.82, 2.24) is 9.21 Å². The van der Waals surface area contributed by atoms with Crippen molar-refractivity contribution < 1.29 is 17.6 Å². The number of hydrogen-bond donors (Lipinski definition) is 0. The molecule has 0 N–H and O–H groups in total. The van der Waals surface area contributed by atoms with Crippen molar-refractivity contribution in [2.24, 2.45) is 0 Å². The second-order valence-corrected chi connectivity index (χ2v) is 8.95. The van der Waals surface area contributed by atoms with Crippen LogP contribution < -0.4 is 0 Å². The Kier molecular flexibility index (Phi) is 4.52. The molecule has 4 rings (SSSR count). The molecule has 27 heavy (non-hydrogen) atoms. The van der Waals surface area contributed by atoms with Crippen LogP contribution in [0.1, 0.15) is 41.7 Å². The van der Waals surface area contributed by atoms with Crippen LogP contribution in [-0.4, -0.2) is 42.7 Å². The molecule has 0 aliphatic carbocycles. The maximum absolute atomic E-state index is 14.0. The van der Waals surface area contributed by atoms with Crippen LogP contribution in [0.3, 0.4) is 0 Å². The fourth-order valence-electron chi connectivity index (χ4n) is 4.16. The maximum atomic E-state index is 14.0. The smallest absolute Gasteiger partial charge is 0.254 e. The van der Waals surface area contributed by atoms with Crippen LogP contribution in [0, 0.1) is 5.82 Å². The van der Waals surface area contributed by atoms with Gasteiger partial charge in [0.15, 0.2) is 0 Å². The Labute approximate surface area is 158 Å². The van der Waals surface area contributed by atoms with Crippen LogP contribution in [0.5, 0.6) is 0 Å². The zero-order valence-electron chi connectivity index (χ0n) is 15.0. The Bertz CT molecular complexity index is 984. The number of rotatable bonds is 3. The number of hydrogen-bond acceptors (Lipinski definition) is 3. The third-order valence-corrected chi connectivity index (χ3v) is 7.50. The van der Waals surface area contributed by atoms with Crippen molar-refractivity contribution in [3.63, 3.8) is 0 Å². The molecule has 2 aliphatic heterocycles. The van der Waals surface area contributed by atoms with Gasteiger partial charge in [-0.3, -0.25) is 4.79 Å². The number of fused-ring (bicyclic) bond motifs is 1. The summed E-state index contributed by atoms with van der Waals surface area (Å²) in [6, 6.07) is 13.0. The van der Waals surface area contributed by atoms with E-state index < -0.39 is 15.8 Å². The molecule has 1 amide bonds. The van der Waals surface area contributed by atoms with Gasteiger partial charge in [-0.1, -0.05) is 30.3 Å². The van der Waals surface area contributed by atoms with Crippen LogP contribution in [0.25, 0.3) is 0 Å². The average molecular weight is 388 g/mol. The van der Waals surface area contributed by atoms with Gasteiger partial charge in [-0.05, 0) is 43.5 Å². The second-order valence-electron chi connectivity index (χ2n) is 7.04. The first-order valence-electron chi connectivity index (χ1n) is 9.07.